The maximum atomic E-state index is 13.4. The fraction of sp³-hybridized carbons (Fsp3) is 0.375. The SMILES string of the molecule is O=C(NCC1CCCO1)c1cnc2ccccc2c1C(F)(F)F. The molecule has 0 radical (unpaired) electrons. The van der Waals surface area contributed by atoms with E-state index in [2.05, 4.69) is 10.3 Å². The van der Waals surface area contributed by atoms with Gasteiger partial charge in [-0.25, -0.2) is 0 Å². The monoisotopic (exact) mass is 324 g/mol. The number of nitrogens with one attached hydrogen (secondary N) is 1. The second-order valence-corrected chi connectivity index (χ2v) is 5.41. The van der Waals surface area contributed by atoms with E-state index in [1.54, 1.807) is 6.07 Å². The van der Waals surface area contributed by atoms with Crippen LogP contribution in [0.25, 0.3) is 10.9 Å². The Morgan fingerprint density at radius 3 is 2.83 bits per heavy atom. The van der Waals surface area contributed by atoms with Crippen LogP contribution in [0.3, 0.4) is 0 Å². The minimum atomic E-state index is -4.64. The second-order valence-electron chi connectivity index (χ2n) is 5.41. The lowest BCUT2D eigenvalue weighted by molar-refractivity contribution is -0.136. The highest BCUT2D eigenvalue weighted by molar-refractivity contribution is 6.00. The number of carbonyl (C=O) groups is 1. The minimum absolute atomic E-state index is 0.0789. The molecule has 1 aromatic heterocycles. The first kappa shape index (κ1) is 15.7. The van der Waals surface area contributed by atoms with Crippen molar-refractivity contribution in [2.24, 2.45) is 0 Å². The van der Waals surface area contributed by atoms with Gasteiger partial charge in [0.25, 0.3) is 5.91 Å². The Bertz CT molecular complexity index is 725. The first-order valence-corrected chi connectivity index (χ1v) is 7.31. The highest BCUT2D eigenvalue weighted by Gasteiger charge is 2.37. The number of amides is 1. The fourth-order valence-electron chi connectivity index (χ4n) is 2.73. The molecule has 0 saturated carbocycles. The van der Waals surface area contributed by atoms with Gasteiger partial charge in [0.15, 0.2) is 0 Å². The number of aromatic nitrogens is 1. The van der Waals surface area contributed by atoms with Crippen molar-refractivity contribution in [2.75, 3.05) is 13.2 Å². The van der Waals surface area contributed by atoms with Crippen LogP contribution in [-0.4, -0.2) is 30.1 Å². The Morgan fingerprint density at radius 2 is 2.13 bits per heavy atom. The molecular formula is C16H15F3N2O2. The summed E-state index contributed by atoms with van der Waals surface area (Å²) in [4.78, 5) is 16.2. The van der Waals surface area contributed by atoms with E-state index in [0.717, 1.165) is 19.0 Å². The molecule has 1 amide bonds. The predicted molar refractivity (Wildman–Crippen MR) is 78.1 cm³/mol. The van der Waals surface area contributed by atoms with Crippen LogP contribution in [0.15, 0.2) is 30.5 Å². The number of para-hydroxylation sites is 1. The summed E-state index contributed by atoms with van der Waals surface area (Å²) in [6.07, 6.45) is -2.11. The Hall–Kier alpha value is -2.15. The number of hydrogen-bond donors (Lipinski definition) is 1. The number of carbonyl (C=O) groups excluding carboxylic acids is 1. The van der Waals surface area contributed by atoms with Crippen LogP contribution >= 0.6 is 0 Å². The van der Waals surface area contributed by atoms with E-state index in [1.807, 2.05) is 0 Å². The normalized spacial score (nSPS) is 18.3. The molecule has 2 aromatic rings. The first-order valence-electron chi connectivity index (χ1n) is 7.31. The third-order valence-corrected chi connectivity index (χ3v) is 3.82. The lowest BCUT2D eigenvalue weighted by Crippen LogP contribution is -2.33. The molecule has 0 bridgehead atoms. The molecule has 1 atom stereocenters. The highest BCUT2D eigenvalue weighted by atomic mass is 19.4. The standard InChI is InChI=1S/C16H15F3N2O2/c17-16(18,19)14-11-5-1-2-6-13(11)20-9-12(14)15(22)21-8-10-4-3-7-23-10/h1-2,5-6,9-10H,3-4,7-8H2,(H,21,22). The Kier molecular flexibility index (Phi) is 4.21. The lowest BCUT2D eigenvalue weighted by Gasteiger charge is -2.16. The van der Waals surface area contributed by atoms with Crippen LogP contribution in [-0.2, 0) is 10.9 Å². The summed E-state index contributed by atoms with van der Waals surface area (Å²) in [7, 11) is 0. The van der Waals surface area contributed by atoms with E-state index in [-0.39, 0.29) is 23.6 Å². The smallest absolute Gasteiger partial charge is 0.376 e. The summed E-state index contributed by atoms with van der Waals surface area (Å²) in [6, 6.07) is 5.90. The average molecular weight is 324 g/mol. The number of nitrogens with zero attached hydrogens (tertiary/aromatic N) is 1. The van der Waals surface area contributed by atoms with Gasteiger partial charge in [-0.3, -0.25) is 9.78 Å². The molecule has 7 heteroatoms. The number of benzene rings is 1. The zero-order chi connectivity index (χ0) is 16.4. The van der Waals surface area contributed by atoms with Crippen molar-refractivity contribution in [3.05, 3.63) is 41.6 Å². The molecule has 1 saturated heterocycles. The van der Waals surface area contributed by atoms with Crippen molar-refractivity contribution < 1.29 is 22.7 Å². The molecule has 23 heavy (non-hydrogen) atoms. The summed E-state index contributed by atoms with van der Waals surface area (Å²) in [5.41, 5.74) is -1.21. The largest absolute Gasteiger partial charge is 0.417 e. The van der Waals surface area contributed by atoms with Gasteiger partial charge in [0.1, 0.15) is 0 Å². The Morgan fingerprint density at radius 1 is 1.35 bits per heavy atom. The number of fused-ring (bicyclic) bond motifs is 1. The molecule has 3 rings (SSSR count). The molecule has 4 nitrogen and oxygen atoms in total. The van der Waals surface area contributed by atoms with Crippen molar-refractivity contribution in [2.45, 2.75) is 25.1 Å². The van der Waals surface area contributed by atoms with Gasteiger partial charge in [0, 0.05) is 24.7 Å². The van der Waals surface area contributed by atoms with Crippen molar-refractivity contribution in [3.63, 3.8) is 0 Å². The molecule has 1 aromatic carbocycles. The lowest BCUT2D eigenvalue weighted by atomic mass is 10.0. The molecule has 2 heterocycles. The molecule has 0 spiro atoms. The maximum absolute atomic E-state index is 13.4. The molecular weight excluding hydrogens is 309 g/mol. The van der Waals surface area contributed by atoms with Crippen LogP contribution in [0, 0.1) is 0 Å². The number of halogens is 3. The van der Waals surface area contributed by atoms with E-state index in [9.17, 15) is 18.0 Å². The molecule has 1 unspecified atom stereocenters. The summed E-state index contributed by atoms with van der Waals surface area (Å²) in [6.45, 7) is 0.814. The van der Waals surface area contributed by atoms with Crippen LogP contribution in [0.5, 0.6) is 0 Å². The zero-order valence-corrected chi connectivity index (χ0v) is 12.2. The van der Waals surface area contributed by atoms with Gasteiger partial charge in [-0.2, -0.15) is 13.2 Å². The van der Waals surface area contributed by atoms with Crippen LogP contribution in [0.1, 0.15) is 28.8 Å². The van der Waals surface area contributed by atoms with Crippen LogP contribution in [0.2, 0.25) is 0 Å². The summed E-state index contributed by atoms with van der Waals surface area (Å²) in [5.74, 6) is -0.786. The third-order valence-electron chi connectivity index (χ3n) is 3.82. The summed E-state index contributed by atoms with van der Waals surface area (Å²) < 4.78 is 45.7. The maximum Gasteiger partial charge on any atom is 0.417 e. The zero-order valence-electron chi connectivity index (χ0n) is 12.2. The molecule has 1 aliphatic heterocycles. The van der Waals surface area contributed by atoms with Gasteiger partial charge >= 0.3 is 6.18 Å². The third kappa shape index (κ3) is 3.29. The van der Waals surface area contributed by atoms with E-state index in [4.69, 9.17) is 4.74 Å². The van der Waals surface area contributed by atoms with Crippen molar-refractivity contribution in [1.82, 2.24) is 10.3 Å². The number of hydrogen-bond acceptors (Lipinski definition) is 3. The van der Waals surface area contributed by atoms with Gasteiger partial charge in [-0.05, 0) is 18.9 Å². The molecule has 1 aliphatic rings. The highest BCUT2D eigenvalue weighted by Crippen LogP contribution is 2.36. The van der Waals surface area contributed by atoms with E-state index in [0.29, 0.717) is 6.61 Å². The number of alkyl halides is 3. The second kappa shape index (κ2) is 6.16. The number of pyridine rings is 1. The van der Waals surface area contributed by atoms with Crippen molar-refractivity contribution >= 4 is 16.8 Å². The summed E-state index contributed by atoms with van der Waals surface area (Å²) in [5, 5.41) is 2.44. The first-order chi connectivity index (χ1) is 11.0. The molecule has 122 valence electrons. The topological polar surface area (TPSA) is 51.2 Å². The van der Waals surface area contributed by atoms with Gasteiger partial charge in [0.2, 0.25) is 0 Å². The van der Waals surface area contributed by atoms with Crippen molar-refractivity contribution in [1.29, 1.82) is 0 Å². The van der Waals surface area contributed by atoms with Gasteiger partial charge in [-0.15, -0.1) is 0 Å². The number of rotatable bonds is 3. The van der Waals surface area contributed by atoms with Gasteiger partial charge in [-0.1, -0.05) is 18.2 Å². The Balaban J connectivity index is 1.94. The molecule has 1 N–H and O–H groups in total. The average Bonchev–Trinajstić information content (AvgIpc) is 3.04. The fourth-order valence-corrected chi connectivity index (χ4v) is 2.73. The molecule has 0 aliphatic carbocycles. The Labute approximate surface area is 130 Å². The van der Waals surface area contributed by atoms with E-state index < -0.39 is 23.2 Å². The van der Waals surface area contributed by atoms with E-state index >= 15 is 0 Å². The van der Waals surface area contributed by atoms with Crippen LogP contribution in [0.4, 0.5) is 13.2 Å². The minimum Gasteiger partial charge on any atom is -0.376 e. The summed E-state index contributed by atoms with van der Waals surface area (Å²) >= 11 is 0. The molecule has 1 fully saturated rings. The van der Waals surface area contributed by atoms with Gasteiger partial charge < -0.3 is 10.1 Å². The predicted octanol–water partition coefficient (Wildman–Crippen LogP) is 3.16. The number of ether oxygens (including phenoxy) is 1. The van der Waals surface area contributed by atoms with Crippen molar-refractivity contribution in [3.8, 4) is 0 Å². The quantitative estimate of drug-likeness (QED) is 0.943. The van der Waals surface area contributed by atoms with Gasteiger partial charge in [0.05, 0.1) is 22.7 Å². The van der Waals surface area contributed by atoms with Crippen LogP contribution < -0.4 is 5.32 Å². The van der Waals surface area contributed by atoms with E-state index in [1.165, 1.54) is 18.2 Å².